The number of carbonyl (C=O) groups is 2. The number of hydrogen-bond donors (Lipinski definition) is 2. The van der Waals surface area contributed by atoms with Crippen LogP contribution in [-0.2, 0) is 4.79 Å². The monoisotopic (exact) mass is 328 g/mol. The van der Waals surface area contributed by atoms with Crippen molar-refractivity contribution in [3.8, 4) is 0 Å². The van der Waals surface area contributed by atoms with Crippen molar-refractivity contribution in [2.24, 2.45) is 5.92 Å². The highest BCUT2D eigenvalue weighted by molar-refractivity contribution is 6.33. The van der Waals surface area contributed by atoms with E-state index in [1.54, 1.807) is 13.8 Å². The molecule has 0 aliphatic rings. The highest BCUT2D eigenvalue weighted by Gasteiger charge is 2.26. The molecule has 8 heteroatoms. The number of amides is 1. The number of rotatable bonds is 7. The molecule has 1 amide bonds. The lowest BCUT2D eigenvalue weighted by Gasteiger charge is -2.20. The minimum absolute atomic E-state index is 0.0227. The average molecular weight is 329 g/mol. The zero-order chi connectivity index (χ0) is 16.9. The highest BCUT2D eigenvalue weighted by Crippen LogP contribution is 2.17. The van der Waals surface area contributed by atoms with Crippen molar-refractivity contribution < 1.29 is 14.7 Å². The third-order valence-corrected chi connectivity index (χ3v) is 3.49. The quantitative estimate of drug-likeness (QED) is 0.792. The van der Waals surface area contributed by atoms with Gasteiger partial charge in [0.1, 0.15) is 6.04 Å². The molecule has 1 aromatic rings. The van der Waals surface area contributed by atoms with E-state index in [9.17, 15) is 9.59 Å². The van der Waals surface area contributed by atoms with Crippen LogP contribution in [0.2, 0.25) is 5.02 Å². The van der Waals surface area contributed by atoms with Gasteiger partial charge in [0.2, 0.25) is 5.95 Å². The number of carboxylic acid groups (broad SMARTS) is 1. The Balaban J connectivity index is 3.06. The maximum absolute atomic E-state index is 12.3. The predicted molar refractivity (Wildman–Crippen MR) is 84.3 cm³/mol. The highest BCUT2D eigenvalue weighted by atomic mass is 35.5. The summed E-state index contributed by atoms with van der Waals surface area (Å²) < 4.78 is 0. The summed E-state index contributed by atoms with van der Waals surface area (Å²) in [5.41, 5.74) is -0.0227. The van der Waals surface area contributed by atoms with E-state index in [0.29, 0.717) is 19.0 Å². The summed E-state index contributed by atoms with van der Waals surface area (Å²) in [5.74, 6) is -1.60. The number of nitrogens with zero attached hydrogens (tertiary/aromatic N) is 3. The first kappa shape index (κ1) is 18.2. The first-order valence-corrected chi connectivity index (χ1v) is 7.50. The molecule has 0 spiro atoms. The molecule has 0 aromatic carbocycles. The maximum Gasteiger partial charge on any atom is 0.326 e. The molecule has 2 N–H and O–H groups in total. The Hall–Kier alpha value is -1.89. The average Bonchev–Trinajstić information content (AvgIpc) is 2.46. The molecule has 0 aliphatic heterocycles. The van der Waals surface area contributed by atoms with Crippen LogP contribution in [-0.4, -0.2) is 46.1 Å². The minimum Gasteiger partial charge on any atom is -0.480 e. The van der Waals surface area contributed by atoms with Gasteiger partial charge in [-0.05, 0) is 19.8 Å². The lowest BCUT2D eigenvalue weighted by molar-refractivity contribution is -0.140. The zero-order valence-electron chi connectivity index (χ0n) is 13.1. The number of hydrogen-bond acceptors (Lipinski definition) is 5. The van der Waals surface area contributed by atoms with Gasteiger partial charge in [-0.25, -0.2) is 14.8 Å². The molecule has 122 valence electrons. The van der Waals surface area contributed by atoms with Crippen LogP contribution in [0.1, 0.15) is 38.2 Å². The smallest absolute Gasteiger partial charge is 0.326 e. The van der Waals surface area contributed by atoms with Gasteiger partial charge >= 0.3 is 5.97 Å². The Bertz CT molecular complexity index is 547. The molecule has 1 aromatic heterocycles. The summed E-state index contributed by atoms with van der Waals surface area (Å²) in [6, 6.07) is -1.00. The Morgan fingerprint density at radius 1 is 1.36 bits per heavy atom. The maximum atomic E-state index is 12.3. The fraction of sp³-hybridized carbons (Fsp3) is 0.571. The fourth-order valence-electron chi connectivity index (χ4n) is 1.90. The van der Waals surface area contributed by atoms with E-state index < -0.39 is 17.9 Å². The molecule has 1 unspecified atom stereocenters. The van der Waals surface area contributed by atoms with Crippen molar-refractivity contribution in [2.45, 2.75) is 33.7 Å². The Labute approximate surface area is 134 Å². The molecule has 1 atom stereocenters. The van der Waals surface area contributed by atoms with Gasteiger partial charge in [-0.3, -0.25) is 4.79 Å². The Kier molecular flexibility index (Phi) is 6.55. The minimum atomic E-state index is -1.10. The van der Waals surface area contributed by atoms with E-state index in [-0.39, 0.29) is 16.6 Å². The van der Waals surface area contributed by atoms with Crippen molar-refractivity contribution in [3.05, 3.63) is 16.9 Å². The molecule has 0 fully saturated rings. The van der Waals surface area contributed by atoms with Crippen molar-refractivity contribution in [2.75, 3.05) is 18.0 Å². The van der Waals surface area contributed by atoms with Crippen molar-refractivity contribution in [3.63, 3.8) is 0 Å². The van der Waals surface area contributed by atoms with E-state index in [1.165, 1.54) is 6.20 Å². The van der Waals surface area contributed by atoms with Crippen LogP contribution in [0, 0.1) is 5.92 Å². The summed E-state index contributed by atoms with van der Waals surface area (Å²) in [6.45, 7) is 8.68. The van der Waals surface area contributed by atoms with Crippen LogP contribution in [0.5, 0.6) is 0 Å². The van der Waals surface area contributed by atoms with E-state index >= 15 is 0 Å². The molecule has 0 aliphatic carbocycles. The van der Waals surface area contributed by atoms with E-state index in [0.717, 1.165) is 0 Å². The second-order valence-corrected chi connectivity index (χ2v) is 5.48. The number of carbonyl (C=O) groups excluding carboxylic acids is 1. The zero-order valence-corrected chi connectivity index (χ0v) is 13.9. The number of carboxylic acids is 1. The Morgan fingerprint density at radius 3 is 2.41 bits per heavy atom. The third kappa shape index (κ3) is 4.30. The van der Waals surface area contributed by atoms with E-state index in [1.807, 2.05) is 18.7 Å². The van der Waals surface area contributed by atoms with Crippen LogP contribution in [0.15, 0.2) is 6.20 Å². The fourth-order valence-corrected chi connectivity index (χ4v) is 2.08. The number of nitrogens with one attached hydrogen (secondary N) is 1. The van der Waals surface area contributed by atoms with Gasteiger partial charge in [-0.1, -0.05) is 25.4 Å². The van der Waals surface area contributed by atoms with E-state index in [2.05, 4.69) is 15.3 Å². The number of anilines is 1. The number of aliphatic carboxylic acids is 1. The van der Waals surface area contributed by atoms with Gasteiger partial charge in [-0.15, -0.1) is 0 Å². The number of halogens is 1. The van der Waals surface area contributed by atoms with Gasteiger partial charge in [0.25, 0.3) is 5.91 Å². The van der Waals surface area contributed by atoms with Gasteiger partial charge in [0.05, 0.1) is 11.2 Å². The van der Waals surface area contributed by atoms with Crippen molar-refractivity contribution in [1.82, 2.24) is 15.3 Å². The molecule has 1 heterocycles. The molecule has 0 bridgehead atoms. The summed E-state index contributed by atoms with van der Waals surface area (Å²) in [7, 11) is 0. The normalized spacial score (nSPS) is 12.1. The second-order valence-electron chi connectivity index (χ2n) is 5.07. The summed E-state index contributed by atoms with van der Waals surface area (Å²) in [4.78, 5) is 33.6. The molecular weight excluding hydrogens is 308 g/mol. The first-order chi connectivity index (χ1) is 10.3. The van der Waals surface area contributed by atoms with Crippen LogP contribution in [0.3, 0.4) is 0 Å². The lowest BCUT2D eigenvalue weighted by atomic mass is 10.0. The SMILES string of the molecule is CCN(CC)c1ncc(Cl)c(C(=O)NC(C(=O)O)C(C)C)n1. The molecule has 0 saturated carbocycles. The largest absolute Gasteiger partial charge is 0.480 e. The molecule has 22 heavy (non-hydrogen) atoms. The summed E-state index contributed by atoms with van der Waals surface area (Å²) in [5, 5.41) is 11.7. The van der Waals surface area contributed by atoms with Crippen LogP contribution in [0.4, 0.5) is 5.95 Å². The third-order valence-electron chi connectivity index (χ3n) is 3.21. The van der Waals surface area contributed by atoms with E-state index in [4.69, 9.17) is 16.7 Å². The topological polar surface area (TPSA) is 95.4 Å². The van der Waals surface area contributed by atoms with Gasteiger partial charge in [-0.2, -0.15) is 0 Å². The second kappa shape index (κ2) is 7.93. The van der Waals surface area contributed by atoms with Gasteiger partial charge in [0.15, 0.2) is 5.69 Å². The molecule has 7 nitrogen and oxygen atoms in total. The molecule has 0 saturated heterocycles. The van der Waals surface area contributed by atoms with Crippen molar-refractivity contribution >= 4 is 29.4 Å². The van der Waals surface area contributed by atoms with Gasteiger partial charge < -0.3 is 15.3 Å². The van der Waals surface area contributed by atoms with Crippen LogP contribution in [0.25, 0.3) is 0 Å². The molecular formula is C14H21ClN4O3. The number of aromatic nitrogens is 2. The standard InChI is InChI=1S/C14H21ClN4O3/c1-5-19(6-2)14-16-7-9(15)11(18-14)12(20)17-10(8(3)4)13(21)22/h7-8,10H,5-6H2,1-4H3,(H,17,20)(H,21,22). The first-order valence-electron chi connectivity index (χ1n) is 7.12. The van der Waals surface area contributed by atoms with Crippen LogP contribution >= 0.6 is 11.6 Å². The van der Waals surface area contributed by atoms with Crippen LogP contribution < -0.4 is 10.2 Å². The predicted octanol–water partition coefficient (Wildman–Crippen LogP) is 1.82. The lowest BCUT2D eigenvalue weighted by Crippen LogP contribution is -2.44. The van der Waals surface area contributed by atoms with Gasteiger partial charge in [0, 0.05) is 13.1 Å². The van der Waals surface area contributed by atoms with Crippen molar-refractivity contribution in [1.29, 1.82) is 0 Å². The molecule has 0 radical (unpaired) electrons. The Morgan fingerprint density at radius 2 is 1.95 bits per heavy atom. The molecule has 1 rings (SSSR count). The summed E-state index contributed by atoms with van der Waals surface area (Å²) >= 11 is 5.97. The summed E-state index contributed by atoms with van der Waals surface area (Å²) in [6.07, 6.45) is 1.35.